The van der Waals surface area contributed by atoms with Crippen LogP contribution in [0.3, 0.4) is 0 Å². The molecule has 0 unspecified atom stereocenters. The molecule has 1 amide bonds. The zero-order valence-electron chi connectivity index (χ0n) is 14.1. The number of nitrogens with zero attached hydrogens (tertiary/aromatic N) is 1. The van der Waals surface area contributed by atoms with E-state index in [1.165, 1.54) is 6.07 Å². The van der Waals surface area contributed by atoms with E-state index in [0.29, 0.717) is 18.0 Å². The van der Waals surface area contributed by atoms with Gasteiger partial charge in [0.05, 0.1) is 18.7 Å². The number of hydrogen-bond donors (Lipinski definition) is 3. The van der Waals surface area contributed by atoms with Crippen LogP contribution in [0.2, 0.25) is 0 Å². The highest BCUT2D eigenvalue weighted by Gasteiger charge is 2.26. The highest BCUT2D eigenvalue weighted by atomic mass is 16.1. The molecule has 2 aromatic heterocycles. The van der Waals surface area contributed by atoms with Gasteiger partial charge in [-0.25, -0.2) is 4.98 Å². The van der Waals surface area contributed by atoms with Gasteiger partial charge >= 0.3 is 0 Å². The lowest BCUT2D eigenvalue weighted by Gasteiger charge is -2.06. The van der Waals surface area contributed by atoms with E-state index < -0.39 is 0 Å². The van der Waals surface area contributed by atoms with Gasteiger partial charge in [0.15, 0.2) is 0 Å². The first-order chi connectivity index (χ1) is 12.1. The first kappa shape index (κ1) is 15.6. The van der Waals surface area contributed by atoms with Gasteiger partial charge in [0.2, 0.25) is 5.91 Å². The Kier molecular flexibility index (Phi) is 3.87. The van der Waals surface area contributed by atoms with Gasteiger partial charge in [-0.3, -0.25) is 9.59 Å². The van der Waals surface area contributed by atoms with Crippen LogP contribution in [0.25, 0.3) is 10.9 Å². The molecular formula is C19H20N4O2. The van der Waals surface area contributed by atoms with Gasteiger partial charge < -0.3 is 15.3 Å². The number of benzene rings is 1. The average molecular weight is 336 g/mol. The van der Waals surface area contributed by atoms with E-state index in [0.717, 1.165) is 40.7 Å². The van der Waals surface area contributed by atoms with Crippen molar-refractivity contribution >= 4 is 16.8 Å². The molecule has 3 aromatic rings. The van der Waals surface area contributed by atoms with Crippen LogP contribution in [-0.2, 0) is 17.8 Å². The van der Waals surface area contributed by atoms with Crippen LogP contribution in [0, 0.1) is 6.92 Å². The third kappa shape index (κ3) is 3.33. The van der Waals surface area contributed by atoms with Crippen molar-refractivity contribution < 1.29 is 4.79 Å². The Morgan fingerprint density at radius 3 is 3.00 bits per heavy atom. The van der Waals surface area contributed by atoms with Gasteiger partial charge in [-0.2, -0.15) is 0 Å². The summed E-state index contributed by atoms with van der Waals surface area (Å²) in [6.07, 6.45) is 4.31. The lowest BCUT2D eigenvalue weighted by Crippen LogP contribution is -2.26. The number of amides is 1. The molecule has 0 bridgehead atoms. The summed E-state index contributed by atoms with van der Waals surface area (Å²) in [6, 6.07) is 7.49. The maximum Gasteiger partial charge on any atom is 0.251 e. The predicted octanol–water partition coefficient (Wildman–Crippen LogP) is 2.30. The quantitative estimate of drug-likeness (QED) is 0.668. The molecule has 1 aliphatic carbocycles. The number of fused-ring (bicyclic) bond motifs is 1. The molecule has 0 radical (unpaired) electrons. The van der Waals surface area contributed by atoms with Crippen LogP contribution >= 0.6 is 0 Å². The summed E-state index contributed by atoms with van der Waals surface area (Å²) in [5, 5.41) is 3.93. The van der Waals surface area contributed by atoms with E-state index >= 15 is 0 Å². The molecule has 6 heteroatoms. The number of nitrogens with one attached hydrogen (secondary N) is 3. The topological polar surface area (TPSA) is 90.6 Å². The van der Waals surface area contributed by atoms with Crippen LogP contribution in [0.15, 0.2) is 35.3 Å². The van der Waals surface area contributed by atoms with Crippen molar-refractivity contribution in [1.29, 1.82) is 0 Å². The van der Waals surface area contributed by atoms with E-state index in [1.54, 1.807) is 0 Å². The Bertz CT molecular complexity index is 998. The van der Waals surface area contributed by atoms with Crippen molar-refractivity contribution in [1.82, 2.24) is 20.3 Å². The van der Waals surface area contributed by atoms with E-state index in [-0.39, 0.29) is 18.0 Å². The molecule has 1 aromatic carbocycles. The van der Waals surface area contributed by atoms with E-state index in [2.05, 4.69) is 20.3 Å². The maximum absolute atomic E-state index is 12.3. The van der Waals surface area contributed by atoms with Crippen LogP contribution in [-0.4, -0.2) is 20.9 Å². The van der Waals surface area contributed by atoms with Crippen molar-refractivity contribution in [3.05, 3.63) is 63.5 Å². The summed E-state index contributed by atoms with van der Waals surface area (Å²) in [5.74, 6) is 1.03. The minimum Gasteiger partial charge on any atom is -0.361 e. The fourth-order valence-corrected chi connectivity index (χ4v) is 3.10. The summed E-state index contributed by atoms with van der Waals surface area (Å²) >= 11 is 0. The Morgan fingerprint density at radius 1 is 1.36 bits per heavy atom. The van der Waals surface area contributed by atoms with Gasteiger partial charge in [-0.15, -0.1) is 0 Å². The number of aromatic nitrogens is 3. The Labute approximate surface area is 144 Å². The zero-order valence-corrected chi connectivity index (χ0v) is 14.1. The third-order valence-corrected chi connectivity index (χ3v) is 4.60. The molecule has 1 fully saturated rings. The minimum absolute atomic E-state index is 0.0857. The van der Waals surface area contributed by atoms with Crippen molar-refractivity contribution in [2.24, 2.45) is 0 Å². The summed E-state index contributed by atoms with van der Waals surface area (Å²) < 4.78 is 0. The van der Waals surface area contributed by atoms with Crippen LogP contribution in [0.4, 0.5) is 0 Å². The second-order valence-electron chi connectivity index (χ2n) is 6.66. The molecule has 128 valence electrons. The Balaban J connectivity index is 1.44. The van der Waals surface area contributed by atoms with Gasteiger partial charge in [-0.1, -0.05) is 18.2 Å². The van der Waals surface area contributed by atoms with Gasteiger partial charge in [0, 0.05) is 29.1 Å². The fourth-order valence-electron chi connectivity index (χ4n) is 3.10. The lowest BCUT2D eigenvalue weighted by atomic mass is 10.1. The largest absolute Gasteiger partial charge is 0.361 e. The van der Waals surface area contributed by atoms with Crippen molar-refractivity contribution in [2.45, 2.75) is 38.6 Å². The molecular weight excluding hydrogens is 316 g/mol. The monoisotopic (exact) mass is 336 g/mol. The van der Waals surface area contributed by atoms with Gasteiger partial charge in [0.25, 0.3) is 5.56 Å². The number of aromatic amines is 2. The standard InChI is InChI=1S/C19H20N4O2/c1-11-3-2-4-15-13(9-21-18(11)15)7-16(24)20-10-14-8-17(25)23-19(22-14)12-5-6-12/h2-4,8-9,12,21H,5-7,10H2,1H3,(H,20,24)(H,22,23,25). The SMILES string of the molecule is Cc1cccc2c(CC(=O)NCc3cc(=O)[nH]c(C4CC4)n3)c[nH]c12. The van der Waals surface area contributed by atoms with E-state index in [1.807, 2.05) is 31.3 Å². The summed E-state index contributed by atoms with van der Waals surface area (Å²) in [5.41, 5.74) is 3.64. The molecule has 6 nitrogen and oxygen atoms in total. The smallest absolute Gasteiger partial charge is 0.251 e. The van der Waals surface area contributed by atoms with Crippen LogP contribution in [0.1, 0.15) is 41.4 Å². The number of para-hydroxylation sites is 1. The second-order valence-corrected chi connectivity index (χ2v) is 6.66. The summed E-state index contributed by atoms with van der Waals surface area (Å²) in [4.78, 5) is 34.5. The number of H-pyrrole nitrogens is 2. The van der Waals surface area contributed by atoms with Crippen molar-refractivity contribution in [3.8, 4) is 0 Å². The molecule has 3 N–H and O–H groups in total. The van der Waals surface area contributed by atoms with Crippen LogP contribution in [0.5, 0.6) is 0 Å². The highest BCUT2D eigenvalue weighted by Crippen LogP contribution is 2.37. The Hall–Kier alpha value is -2.89. The number of aryl methyl sites for hydroxylation is 1. The number of rotatable bonds is 5. The highest BCUT2D eigenvalue weighted by molar-refractivity contribution is 5.90. The van der Waals surface area contributed by atoms with Gasteiger partial charge in [0.1, 0.15) is 5.82 Å². The molecule has 4 rings (SSSR count). The normalized spacial score (nSPS) is 14.0. The molecule has 1 aliphatic rings. The molecule has 1 saturated carbocycles. The molecule has 0 atom stereocenters. The zero-order chi connectivity index (χ0) is 17.4. The van der Waals surface area contributed by atoms with E-state index in [9.17, 15) is 9.59 Å². The van der Waals surface area contributed by atoms with E-state index in [4.69, 9.17) is 0 Å². The first-order valence-electron chi connectivity index (χ1n) is 8.52. The van der Waals surface area contributed by atoms with Crippen molar-refractivity contribution in [2.75, 3.05) is 0 Å². The van der Waals surface area contributed by atoms with Gasteiger partial charge in [-0.05, 0) is 30.9 Å². The minimum atomic E-state index is -0.159. The molecule has 25 heavy (non-hydrogen) atoms. The maximum atomic E-state index is 12.3. The summed E-state index contributed by atoms with van der Waals surface area (Å²) in [7, 11) is 0. The Morgan fingerprint density at radius 2 is 2.20 bits per heavy atom. The number of hydrogen-bond acceptors (Lipinski definition) is 3. The second kappa shape index (κ2) is 6.20. The fraction of sp³-hybridized carbons (Fsp3) is 0.316. The lowest BCUT2D eigenvalue weighted by molar-refractivity contribution is -0.120. The predicted molar refractivity (Wildman–Crippen MR) is 95.4 cm³/mol. The molecule has 0 aliphatic heterocycles. The molecule has 0 spiro atoms. The number of carbonyl (C=O) groups is 1. The number of carbonyl (C=O) groups excluding carboxylic acids is 1. The first-order valence-corrected chi connectivity index (χ1v) is 8.52. The average Bonchev–Trinajstić information content (AvgIpc) is 3.36. The van der Waals surface area contributed by atoms with Crippen molar-refractivity contribution in [3.63, 3.8) is 0 Å². The molecule has 0 saturated heterocycles. The third-order valence-electron chi connectivity index (χ3n) is 4.60. The van der Waals surface area contributed by atoms with Crippen LogP contribution < -0.4 is 10.9 Å². The molecule has 2 heterocycles. The summed E-state index contributed by atoms with van der Waals surface area (Å²) in [6.45, 7) is 2.31.